The van der Waals surface area contributed by atoms with Gasteiger partial charge in [0.25, 0.3) is 0 Å². The summed E-state index contributed by atoms with van der Waals surface area (Å²) in [6.07, 6.45) is 0. The number of fused-ring (bicyclic) bond motifs is 9. The highest BCUT2D eigenvalue weighted by atomic mass is 32.1. The predicted molar refractivity (Wildman–Crippen MR) is 217 cm³/mol. The van der Waals surface area contributed by atoms with E-state index in [1.807, 2.05) is 11.3 Å². The Morgan fingerprint density at radius 2 is 0.800 bits per heavy atom. The minimum Gasteiger partial charge on any atom is -0.310 e. The van der Waals surface area contributed by atoms with Crippen molar-refractivity contribution in [1.82, 2.24) is 0 Å². The molecule has 0 radical (unpaired) electrons. The standard InChI is InChI=1S/C48H31NS/c1-2-13-33(14-3-1)49(35-29-30-42-40-19-7-6-17-38(40)39-18-8-9-20-41(39)46(42)31-35)34-27-25-32(26-28-34)36-15-4-5-16-37(36)44-22-12-23-45-43-21-10-11-24-47(43)50-48(44)45/h1-31H. The van der Waals surface area contributed by atoms with Crippen molar-refractivity contribution >= 4 is 80.9 Å². The minimum atomic E-state index is 1.12. The van der Waals surface area contributed by atoms with Gasteiger partial charge in [-0.05, 0) is 91.5 Å². The quantitative estimate of drug-likeness (QED) is 0.167. The Labute approximate surface area is 294 Å². The van der Waals surface area contributed by atoms with Crippen LogP contribution in [0.5, 0.6) is 0 Å². The van der Waals surface area contributed by atoms with Crippen LogP contribution in [-0.2, 0) is 0 Å². The van der Waals surface area contributed by atoms with Crippen LogP contribution >= 0.6 is 11.3 Å². The van der Waals surface area contributed by atoms with Crippen LogP contribution in [0.1, 0.15) is 0 Å². The number of benzene rings is 9. The van der Waals surface area contributed by atoms with Crippen molar-refractivity contribution in [1.29, 1.82) is 0 Å². The highest BCUT2D eigenvalue weighted by Gasteiger charge is 2.17. The van der Waals surface area contributed by atoms with Gasteiger partial charge in [-0.15, -0.1) is 11.3 Å². The third-order valence-electron chi connectivity index (χ3n) is 10.1. The van der Waals surface area contributed by atoms with Crippen molar-refractivity contribution < 1.29 is 0 Å². The van der Waals surface area contributed by atoms with Crippen molar-refractivity contribution in [2.45, 2.75) is 0 Å². The molecule has 1 aromatic heterocycles. The van der Waals surface area contributed by atoms with Crippen molar-refractivity contribution in [2.75, 3.05) is 4.90 Å². The largest absolute Gasteiger partial charge is 0.310 e. The fraction of sp³-hybridized carbons (Fsp3) is 0. The van der Waals surface area contributed by atoms with Crippen LogP contribution in [0.25, 0.3) is 74.7 Å². The third kappa shape index (κ3) is 4.61. The van der Waals surface area contributed by atoms with E-state index in [2.05, 4.69) is 193 Å². The second-order valence-corrected chi connectivity index (χ2v) is 13.9. The summed E-state index contributed by atoms with van der Waals surface area (Å²) in [4.78, 5) is 2.37. The zero-order valence-corrected chi connectivity index (χ0v) is 28.1. The van der Waals surface area contributed by atoms with Crippen LogP contribution in [0.2, 0.25) is 0 Å². The average Bonchev–Trinajstić information content (AvgIpc) is 3.58. The van der Waals surface area contributed by atoms with Crippen molar-refractivity contribution in [3.8, 4) is 22.3 Å². The fourth-order valence-electron chi connectivity index (χ4n) is 7.78. The molecular formula is C48H31NS. The maximum Gasteiger partial charge on any atom is 0.0468 e. The molecule has 0 aliphatic rings. The lowest BCUT2D eigenvalue weighted by molar-refractivity contribution is 1.29. The number of rotatable bonds is 5. The van der Waals surface area contributed by atoms with Crippen molar-refractivity contribution in [3.05, 3.63) is 188 Å². The Morgan fingerprint density at radius 3 is 1.52 bits per heavy atom. The van der Waals surface area contributed by atoms with Gasteiger partial charge in [-0.25, -0.2) is 0 Å². The zero-order valence-electron chi connectivity index (χ0n) is 27.3. The van der Waals surface area contributed by atoms with E-state index in [0.29, 0.717) is 0 Å². The molecule has 50 heavy (non-hydrogen) atoms. The molecule has 0 aliphatic carbocycles. The van der Waals surface area contributed by atoms with E-state index in [1.165, 1.54) is 74.7 Å². The van der Waals surface area contributed by atoms with Crippen LogP contribution in [0.4, 0.5) is 17.1 Å². The maximum absolute atomic E-state index is 2.37. The number of thiophene rings is 1. The first kappa shape index (κ1) is 28.8. The first-order valence-electron chi connectivity index (χ1n) is 17.1. The Balaban J connectivity index is 1.11. The van der Waals surface area contributed by atoms with E-state index in [9.17, 15) is 0 Å². The number of anilines is 3. The average molecular weight is 654 g/mol. The molecule has 0 spiro atoms. The van der Waals surface area contributed by atoms with E-state index in [-0.39, 0.29) is 0 Å². The van der Waals surface area contributed by atoms with Crippen LogP contribution < -0.4 is 4.90 Å². The van der Waals surface area contributed by atoms with Gasteiger partial charge in [0, 0.05) is 42.8 Å². The van der Waals surface area contributed by atoms with Gasteiger partial charge in [0.15, 0.2) is 0 Å². The van der Waals surface area contributed by atoms with Crippen molar-refractivity contribution in [3.63, 3.8) is 0 Å². The van der Waals surface area contributed by atoms with Gasteiger partial charge in [0.05, 0.1) is 0 Å². The molecule has 2 heteroatoms. The molecule has 0 atom stereocenters. The zero-order chi connectivity index (χ0) is 33.0. The summed E-state index contributed by atoms with van der Waals surface area (Å²) in [6.45, 7) is 0. The molecule has 0 N–H and O–H groups in total. The highest BCUT2D eigenvalue weighted by molar-refractivity contribution is 7.26. The Hall–Kier alpha value is -6.22. The first-order chi connectivity index (χ1) is 24.8. The number of hydrogen-bond acceptors (Lipinski definition) is 2. The smallest absolute Gasteiger partial charge is 0.0468 e. The second kappa shape index (κ2) is 11.7. The predicted octanol–water partition coefficient (Wildman–Crippen LogP) is 14.3. The minimum absolute atomic E-state index is 1.12. The maximum atomic E-state index is 2.37. The molecule has 1 nitrogen and oxygen atoms in total. The van der Waals surface area contributed by atoms with Crippen LogP contribution in [0, 0.1) is 0 Å². The molecule has 9 aromatic carbocycles. The van der Waals surface area contributed by atoms with E-state index < -0.39 is 0 Å². The Bertz CT molecular complexity index is 2830. The van der Waals surface area contributed by atoms with Crippen molar-refractivity contribution in [2.24, 2.45) is 0 Å². The fourth-order valence-corrected chi connectivity index (χ4v) is 9.01. The number of hydrogen-bond donors (Lipinski definition) is 0. The molecule has 0 saturated heterocycles. The van der Waals surface area contributed by atoms with Gasteiger partial charge < -0.3 is 4.90 Å². The summed E-state index contributed by atoms with van der Waals surface area (Å²) >= 11 is 1.88. The summed E-state index contributed by atoms with van der Waals surface area (Å²) in [7, 11) is 0. The molecule has 1 heterocycles. The number of para-hydroxylation sites is 1. The van der Waals surface area contributed by atoms with E-state index in [4.69, 9.17) is 0 Å². The number of nitrogens with zero attached hydrogens (tertiary/aromatic N) is 1. The SMILES string of the molecule is c1ccc(N(c2ccc(-c3ccccc3-c3cccc4c3sc3ccccc34)cc2)c2ccc3c4ccccc4c4ccccc4c3c2)cc1. The third-order valence-corrected chi connectivity index (χ3v) is 11.3. The highest BCUT2D eigenvalue weighted by Crippen LogP contribution is 2.44. The summed E-state index contributed by atoms with van der Waals surface area (Å²) < 4.78 is 2.66. The molecule has 10 rings (SSSR count). The van der Waals surface area contributed by atoms with Gasteiger partial charge in [-0.3, -0.25) is 0 Å². The normalized spacial score (nSPS) is 11.6. The van der Waals surface area contributed by atoms with E-state index >= 15 is 0 Å². The summed E-state index contributed by atoms with van der Waals surface area (Å²) in [5.74, 6) is 0. The summed E-state index contributed by atoms with van der Waals surface area (Å²) in [6, 6.07) is 68.6. The van der Waals surface area contributed by atoms with Gasteiger partial charge in [0.2, 0.25) is 0 Å². The second-order valence-electron chi connectivity index (χ2n) is 12.9. The van der Waals surface area contributed by atoms with Gasteiger partial charge >= 0.3 is 0 Å². The lowest BCUT2D eigenvalue weighted by Crippen LogP contribution is -2.09. The Kier molecular flexibility index (Phi) is 6.75. The molecular weight excluding hydrogens is 623 g/mol. The summed E-state index contributed by atoms with van der Waals surface area (Å²) in [5.41, 5.74) is 8.35. The van der Waals surface area contributed by atoms with Crippen LogP contribution in [0.3, 0.4) is 0 Å². The molecule has 0 amide bonds. The molecule has 0 bridgehead atoms. The first-order valence-corrected chi connectivity index (χ1v) is 17.9. The van der Waals surface area contributed by atoms with E-state index in [1.54, 1.807) is 0 Å². The molecule has 10 aromatic rings. The lowest BCUT2D eigenvalue weighted by atomic mass is 9.93. The van der Waals surface area contributed by atoms with E-state index in [0.717, 1.165) is 17.1 Å². The molecule has 0 fully saturated rings. The molecule has 0 aliphatic heterocycles. The topological polar surface area (TPSA) is 3.24 Å². The van der Waals surface area contributed by atoms with Gasteiger partial charge in [0.1, 0.15) is 0 Å². The summed E-state index contributed by atoms with van der Waals surface area (Å²) in [5, 5.41) is 10.3. The molecule has 0 unspecified atom stereocenters. The monoisotopic (exact) mass is 653 g/mol. The molecule has 0 saturated carbocycles. The lowest BCUT2D eigenvalue weighted by Gasteiger charge is -2.26. The van der Waals surface area contributed by atoms with Crippen LogP contribution in [-0.4, -0.2) is 0 Å². The Morgan fingerprint density at radius 1 is 0.300 bits per heavy atom. The molecule has 234 valence electrons. The van der Waals surface area contributed by atoms with Gasteiger partial charge in [-0.1, -0.05) is 146 Å². The van der Waals surface area contributed by atoms with Crippen LogP contribution in [0.15, 0.2) is 188 Å². The van der Waals surface area contributed by atoms with Gasteiger partial charge in [-0.2, -0.15) is 0 Å².